The zero-order valence-electron chi connectivity index (χ0n) is 12.0. The molecule has 2 aromatic carbocycles. The van der Waals surface area contributed by atoms with E-state index in [1.54, 1.807) is 30.3 Å². The smallest absolute Gasteiger partial charge is 0.301 e. The lowest BCUT2D eigenvalue weighted by atomic mass is 10.0. The van der Waals surface area contributed by atoms with Crippen molar-refractivity contribution in [1.29, 1.82) is 0 Å². The molecule has 1 aliphatic rings. The van der Waals surface area contributed by atoms with Crippen LogP contribution in [0.25, 0.3) is 5.57 Å². The van der Waals surface area contributed by atoms with Crippen LogP contribution < -0.4 is 4.90 Å². The predicted molar refractivity (Wildman–Crippen MR) is 89.7 cm³/mol. The molecule has 6 heteroatoms. The van der Waals surface area contributed by atoms with Crippen LogP contribution in [0.3, 0.4) is 0 Å². The molecule has 1 N–H and O–H groups in total. The number of aliphatic hydroxyl groups is 1. The Bertz CT molecular complexity index is 857. The minimum Gasteiger partial charge on any atom is -0.502 e. The molecule has 0 unspecified atom stereocenters. The number of aliphatic hydroxyl groups excluding tert-OH is 1. The molecule has 2 aromatic rings. The number of rotatable bonds is 2. The van der Waals surface area contributed by atoms with Crippen molar-refractivity contribution in [3.05, 3.63) is 69.4 Å². The monoisotopic (exact) mass is 347 g/mol. The normalized spacial score (nSPS) is 14.8. The first-order chi connectivity index (χ1) is 10.9. The van der Waals surface area contributed by atoms with Gasteiger partial charge in [0.2, 0.25) is 0 Å². The van der Waals surface area contributed by atoms with Crippen LogP contribution >= 0.6 is 23.2 Å². The molecular formula is C17H11Cl2NO3. The number of anilines is 1. The number of benzene rings is 2. The number of nitrogens with zero attached hydrogens (tertiary/aromatic N) is 1. The third-order valence-corrected chi connectivity index (χ3v) is 4.10. The van der Waals surface area contributed by atoms with E-state index < -0.39 is 17.6 Å². The van der Waals surface area contributed by atoms with Crippen LogP contribution in [0.5, 0.6) is 0 Å². The van der Waals surface area contributed by atoms with Crippen LogP contribution in [0.4, 0.5) is 5.69 Å². The average Bonchev–Trinajstić information content (AvgIpc) is 2.73. The number of carbonyl (C=O) groups is 2. The number of hydrogen-bond acceptors (Lipinski definition) is 3. The predicted octanol–water partition coefficient (Wildman–Crippen LogP) is 4.14. The van der Waals surface area contributed by atoms with E-state index >= 15 is 0 Å². The van der Waals surface area contributed by atoms with Crippen LogP contribution in [0.15, 0.2) is 48.2 Å². The van der Waals surface area contributed by atoms with Crippen molar-refractivity contribution >= 4 is 46.3 Å². The van der Waals surface area contributed by atoms with Gasteiger partial charge in [-0.2, -0.15) is 0 Å². The first-order valence-corrected chi connectivity index (χ1v) is 7.50. The summed E-state index contributed by atoms with van der Waals surface area (Å²) >= 11 is 12.0. The fourth-order valence-corrected chi connectivity index (χ4v) is 2.74. The lowest BCUT2D eigenvalue weighted by Crippen LogP contribution is -2.31. The van der Waals surface area contributed by atoms with Crippen LogP contribution in [0.2, 0.25) is 10.0 Å². The lowest BCUT2D eigenvalue weighted by Gasteiger charge is -2.16. The molecule has 0 saturated heterocycles. The molecule has 0 fully saturated rings. The van der Waals surface area contributed by atoms with Crippen molar-refractivity contribution in [3.63, 3.8) is 0 Å². The van der Waals surface area contributed by atoms with Gasteiger partial charge in [-0.05, 0) is 30.7 Å². The topological polar surface area (TPSA) is 57.6 Å². The Balaban J connectivity index is 2.09. The average molecular weight is 348 g/mol. The quantitative estimate of drug-likeness (QED) is 0.830. The highest BCUT2D eigenvalue weighted by Gasteiger charge is 2.41. The van der Waals surface area contributed by atoms with Crippen LogP contribution in [-0.2, 0) is 9.59 Å². The first kappa shape index (κ1) is 15.6. The summed E-state index contributed by atoms with van der Waals surface area (Å²) in [7, 11) is 0. The van der Waals surface area contributed by atoms with E-state index in [0.29, 0.717) is 10.6 Å². The largest absolute Gasteiger partial charge is 0.502 e. The third kappa shape index (κ3) is 2.60. The molecule has 3 rings (SSSR count). The molecular weight excluding hydrogens is 337 g/mol. The number of carbonyl (C=O) groups excluding carboxylic acids is 2. The highest BCUT2D eigenvalue weighted by molar-refractivity contribution is 6.47. The van der Waals surface area contributed by atoms with Crippen LogP contribution in [-0.4, -0.2) is 16.9 Å². The fraction of sp³-hybridized carbons (Fsp3) is 0.0588. The van der Waals surface area contributed by atoms with Crippen molar-refractivity contribution in [3.8, 4) is 0 Å². The summed E-state index contributed by atoms with van der Waals surface area (Å²) in [4.78, 5) is 25.8. The van der Waals surface area contributed by atoms with Crippen molar-refractivity contribution in [2.75, 3.05) is 4.90 Å². The molecule has 0 saturated carbocycles. The maximum atomic E-state index is 12.7. The van der Waals surface area contributed by atoms with Gasteiger partial charge in [-0.15, -0.1) is 0 Å². The van der Waals surface area contributed by atoms with Gasteiger partial charge in [0.1, 0.15) is 0 Å². The van der Waals surface area contributed by atoms with Gasteiger partial charge in [0.15, 0.2) is 5.76 Å². The molecule has 23 heavy (non-hydrogen) atoms. The minimum atomic E-state index is -0.824. The second-order valence-electron chi connectivity index (χ2n) is 5.13. The highest BCUT2D eigenvalue weighted by atomic mass is 35.5. The van der Waals surface area contributed by atoms with E-state index in [9.17, 15) is 14.7 Å². The van der Waals surface area contributed by atoms with Crippen molar-refractivity contribution in [1.82, 2.24) is 0 Å². The zero-order valence-corrected chi connectivity index (χ0v) is 13.5. The number of imide groups is 1. The van der Waals surface area contributed by atoms with Gasteiger partial charge in [-0.3, -0.25) is 9.59 Å². The van der Waals surface area contributed by atoms with Gasteiger partial charge in [-0.25, -0.2) is 4.90 Å². The molecule has 1 heterocycles. The van der Waals surface area contributed by atoms with E-state index in [2.05, 4.69) is 0 Å². The second kappa shape index (κ2) is 5.72. The zero-order chi connectivity index (χ0) is 16.7. The number of aryl methyl sites for hydroxylation is 1. The number of hydrogen-bond donors (Lipinski definition) is 1. The Labute approximate surface area is 142 Å². The highest BCUT2D eigenvalue weighted by Crippen LogP contribution is 2.36. The van der Waals surface area contributed by atoms with E-state index in [4.69, 9.17) is 23.2 Å². The van der Waals surface area contributed by atoms with E-state index in [1.807, 2.05) is 6.92 Å². The summed E-state index contributed by atoms with van der Waals surface area (Å²) in [5.74, 6) is -2.06. The summed E-state index contributed by atoms with van der Waals surface area (Å²) in [6.45, 7) is 1.90. The Morgan fingerprint density at radius 3 is 2.26 bits per heavy atom. The van der Waals surface area contributed by atoms with Gasteiger partial charge in [0, 0.05) is 5.02 Å². The Hall–Kier alpha value is -2.30. The Kier molecular flexibility index (Phi) is 3.88. The van der Waals surface area contributed by atoms with E-state index in [0.717, 1.165) is 10.5 Å². The fourth-order valence-electron chi connectivity index (χ4n) is 2.37. The molecule has 4 nitrogen and oxygen atoms in total. The number of halogens is 2. The summed E-state index contributed by atoms with van der Waals surface area (Å²) in [6.07, 6.45) is 0. The molecule has 0 atom stereocenters. The lowest BCUT2D eigenvalue weighted by molar-refractivity contribution is -0.121. The van der Waals surface area contributed by atoms with E-state index in [1.165, 1.54) is 12.1 Å². The molecule has 0 aromatic heterocycles. The standard InChI is InChI=1S/C17H11Cl2NO3/c1-9-2-4-10(5-3-9)14-15(21)17(23)20(16(14)22)13-8-11(18)6-7-12(13)19/h2-8,21H,1H3. The second-order valence-corrected chi connectivity index (χ2v) is 5.97. The van der Waals surface area contributed by atoms with Crippen LogP contribution in [0.1, 0.15) is 11.1 Å². The minimum absolute atomic E-state index is 0.0500. The number of amides is 2. The Morgan fingerprint density at radius 2 is 1.61 bits per heavy atom. The molecule has 0 spiro atoms. The summed E-state index contributed by atoms with van der Waals surface area (Å²) < 4.78 is 0. The van der Waals surface area contributed by atoms with Gasteiger partial charge in [-0.1, -0.05) is 53.0 Å². The SMILES string of the molecule is Cc1ccc(C2=C(O)C(=O)N(c3cc(Cl)ccc3Cl)C2=O)cc1. The molecule has 116 valence electrons. The van der Waals surface area contributed by atoms with Gasteiger partial charge < -0.3 is 5.11 Å². The molecule has 2 amide bonds. The van der Waals surface area contributed by atoms with E-state index in [-0.39, 0.29) is 16.3 Å². The van der Waals surface area contributed by atoms with Crippen molar-refractivity contribution in [2.24, 2.45) is 0 Å². The van der Waals surface area contributed by atoms with Crippen molar-refractivity contribution in [2.45, 2.75) is 6.92 Å². The van der Waals surface area contributed by atoms with Crippen molar-refractivity contribution < 1.29 is 14.7 Å². The summed E-state index contributed by atoms with van der Waals surface area (Å²) in [5, 5.41) is 10.7. The first-order valence-electron chi connectivity index (χ1n) is 6.74. The summed E-state index contributed by atoms with van der Waals surface area (Å²) in [5.41, 5.74) is 1.56. The maximum Gasteiger partial charge on any atom is 0.301 e. The Morgan fingerprint density at radius 1 is 0.957 bits per heavy atom. The molecule has 0 aliphatic carbocycles. The maximum absolute atomic E-state index is 12.7. The molecule has 0 bridgehead atoms. The molecule has 1 aliphatic heterocycles. The van der Waals surface area contributed by atoms with Crippen LogP contribution in [0, 0.1) is 6.92 Å². The summed E-state index contributed by atoms with van der Waals surface area (Å²) in [6, 6.07) is 11.4. The van der Waals surface area contributed by atoms with Gasteiger partial charge in [0.05, 0.1) is 16.3 Å². The molecule has 0 radical (unpaired) electrons. The third-order valence-electron chi connectivity index (χ3n) is 3.55. The van der Waals surface area contributed by atoms with Gasteiger partial charge >= 0.3 is 5.91 Å². The van der Waals surface area contributed by atoms with Gasteiger partial charge in [0.25, 0.3) is 5.91 Å².